The van der Waals surface area contributed by atoms with Crippen molar-refractivity contribution >= 4 is 21.7 Å². The van der Waals surface area contributed by atoms with Crippen molar-refractivity contribution in [2.75, 3.05) is 6.61 Å². The van der Waals surface area contributed by atoms with Gasteiger partial charge >= 0.3 is 0 Å². The maximum Gasteiger partial charge on any atom is 0.147 e. The molecule has 2 nitrogen and oxygen atoms in total. The topological polar surface area (TPSA) is 26.3 Å². The molecule has 0 radical (unpaired) electrons. The Morgan fingerprint density at radius 2 is 2.12 bits per heavy atom. The molecule has 0 fully saturated rings. The summed E-state index contributed by atoms with van der Waals surface area (Å²) in [7, 11) is 0. The zero-order valence-corrected chi connectivity index (χ0v) is 11.5. The molecule has 16 heavy (non-hydrogen) atoms. The van der Waals surface area contributed by atoms with Gasteiger partial charge in [0, 0.05) is 0 Å². The van der Waals surface area contributed by atoms with Crippen LogP contribution in [0.25, 0.3) is 0 Å². The molecular formula is C13H17BrO2. The fourth-order valence-electron chi connectivity index (χ4n) is 1.56. The Morgan fingerprint density at radius 1 is 1.44 bits per heavy atom. The molecule has 1 unspecified atom stereocenters. The smallest absolute Gasteiger partial charge is 0.147 e. The molecule has 0 amide bonds. The quantitative estimate of drug-likeness (QED) is 0.771. The molecule has 0 saturated heterocycles. The van der Waals surface area contributed by atoms with Crippen molar-refractivity contribution in [2.24, 2.45) is 0 Å². The minimum Gasteiger partial charge on any atom is -0.494 e. The molecule has 0 aromatic heterocycles. The molecule has 88 valence electrons. The fourth-order valence-corrected chi connectivity index (χ4v) is 1.85. The van der Waals surface area contributed by atoms with Crippen molar-refractivity contribution in [1.82, 2.24) is 0 Å². The number of ether oxygens (including phenoxy) is 1. The first-order chi connectivity index (χ1) is 7.60. The molecular weight excluding hydrogens is 268 g/mol. The summed E-state index contributed by atoms with van der Waals surface area (Å²) in [5.74, 6) is 1.03. The van der Waals surface area contributed by atoms with Gasteiger partial charge in [0.2, 0.25) is 0 Å². The van der Waals surface area contributed by atoms with E-state index in [2.05, 4.69) is 22.9 Å². The van der Waals surface area contributed by atoms with E-state index < -0.39 is 0 Å². The molecule has 1 aromatic carbocycles. The number of benzene rings is 1. The largest absolute Gasteiger partial charge is 0.494 e. The minimum atomic E-state index is -0.214. The van der Waals surface area contributed by atoms with Gasteiger partial charge in [0.05, 0.1) is 11.4 Å². The highest BCUT2D eigenvalue weighted by molar-refractivity contribution is 9.09. The summed E-state index contributed by atoms with van der Waals surface area (Å²) in [4.78, 5) is 11.1. The monoisotopic (exact) mass is 284 g/mol. The van der Waals surface area contributed by atoms with E-state index in [1.807, 2.05) is 25.1 Å². The average Bonchev–Trinajstić information content (AvgIpc) is 2.29. The molecule has 0 aliphatic rings. The zero-order chi connectivity index (χ0) is 12.1. The highest BCUT2D eigenvalue weighted by Gasteiger charge is 2.14. The van der Waals surface area contributed by atoms with E-state index in [4.69, 9.17) is 4.74 Å². The van der Waals surface area contributed by atoms with Crippen molar-refractivity contribution in [3.8, 4) is 5.75 Å². The second-order valence-electron chi connectivity index (χ2n) is 3.63. The molecule has 1 rings (SSSR count). The number of carbonyl (C=O) groups is 1. The first-order valence-corrected chi connectivity index (χ1v) is 6.41. The number of ketones is 1. The van der Waals surface area contributed by atoms with Gasteiger partial charge in [-0.05, 0) is 37.5 Å². The average molecular weight is 285 g/mol. The Bertz CT molecular complexity index is 374. The third-order valence-corrected chi connectivity index (χ3v) is 3.59. The first kappa shape index (κ1) is 13.2. The van der Waals surface area contributed by atoms with Crippen LogP contribution in [-0.2, 0) is 11.2 Å². The van der Waals surface area contributed by atoms with Crippen LogP contribution >= 0.6 is 15.9 Å². The van der Waals surface area contributed by atoms with Gasteiger partial charge in [-0.25, -0.2) is 0 Å². The number of aryl methyl sites for hydroxylation is 1. The first-order valence-electron chi connectivity index (χ1n) is 5.50. The van der Waals surface area contributed by atoms with E-state index in [1.165, 1.54) is 0 Å². The molecule has 0 heterocycles. The summed E-state index contributed by atoms with van der Waals surface area (Å²) in [6, 6.07) is 5.91. The van der Waals surface area contributed by atoms with E-state index in [-0.39, 0.29) is 10.6 Å². The van der Waals surface area contributed by atoms with Crippen LogP contribution in [0.5, 0.6) is 5.75 Å². The normalized spacial score (nSPS) is 12.2. The SMILES string of the molecule is CCOc1ccc(C(Br)C(C)=O)cc1CC. The predicted molar refractivity (Wildman–Crippen MR) is 69.3 cm³/mol. The molecule has 0 saturated carbocycles. The van der Waals surface area contributed by atoms with Gasteiger partial charge in [-0.15, -0.1) is 0 Å². The van der Waals surface area contributed by atoms with Crippen molar-refractivity contribution < 1.29 is 9.53 Å². The number of Topliss-reactive ketones (excluding diaryl/α,β-unsaturated/α-hetero) is 1. The Morgan fingerprint density at radius 3 is 2.62 bits per heavy atom. The van der Waals surface area contributed by atoms with Crippen LogP contribution in [-0.4, -0.2) is 12.4 Å². The Kier molecular flexibility index (Phi) is 5.00. The second-order valence-corrected chi connectivity index (χ2v) is 4.54. The van der Waals surface area contributed by atoms with Crippen LogP contribution in [0.4, 0.5) is 0 Å². The van der Waals surface area contributed by atoms with E-state index in [1.54, 1.807) is 6.92 Å². The standard InChI is InChI=1S/C13H17BrO2/c1-4-10-8-11(13(14)9(3)15)6-7-12(10)16-5-2/h6-8,13H,4-5H2,1-3H3. The van der Waals surface area contributed by atoms with Crippen LogP contribution < -0.4 is 4.74 Å². The molecule has 0 aliphatic carbocycles. The van der Waals surface area contributed by atoms with Crippen LogP contribution in [0.1, 0.15) is 36.7 Å². The molecule has 1 aromatic rings. The molecule has 3 heteroatoms. The van der Waals surface area contributed by atoms with Crippen LogP contribution in [0.3, 0.4) is 0 Å². The molecule has 0 bridgehead atoms. The van der Waals surface area contributed by atoms with Crippen molar-refractivity contribution in [3.63, 3.8) is 0 Å². The molecule has 0 N–H and O–H groups in total. The van der Waals surface area contributed by atoms with E-state index >= 15 is 0 Å². The third-order valence-electron chi connectivity index (χ3n) is 2.41. The number of alkyl halides is 1. The van der Waals surface area contributed by atoms with Gasteiger partial charge in [0.1, 0.15) is 11.5 Å². The van der Waals surface area contributed by atoms with E-state index in [9.17, 15) is 4.79 Å². The van der Waals surface area contributed by atoms with Crippen LogP contribution in [0.15, 0.2) is 18.2 Å². The van der Waals surface area contributed by atoms with Gasteiger partial charge in [-0.3, -0.25) is 4.79 Å². The summed E-state index contributed by atoms with van der Waals surface area (Å²) in [6.45, 7) is 6.30. The van der Waals surface area contributed by atoms with Gasteiger partial charge in [0.25, 0.3) is 0 Å². The van der Waals surface area contributed by atoms with Gasteiger partial charge in [-0.1, -0.05) is 35.0 Å². The summed E-state index contributed by atoms with van der Waals surface area (Å²) in [6.07, 6.45) is 0.904. The molecule has 0 spiro atoms. The fraction of sp³-hybridized carbons (Fsp3) is 0.462. The Labute approximate surface area is 105 Å². The summed E-state index contributed by atoms with van der Waals surface area (Å²) in [5.41, 5.74) is 2.14. The lowest BCUT2D eigenvalue weighted by Crippen LogP contribution is -2.03. The maximum atomic E-state index is 11.3. The van der Waals surface area contributed by atoms with Crippen molar-refractivity contribution in [3.05, 3.63) is 29.3 Å². The van der Waals surface area contributed by atoms with Crippen molar-refractivity contribution in [1.29, 1.82) is 0 Å². The third kappa shape index (κ3) is 3.08. The number of hydrogen-bond donors (Lipinski definition) is 0. The van der Waals surface area contributed by atoms with Crippen LogP contribution in [0.2, 0.25) is 0 Å². The van der Waals surface area contributed by atoms with Gasteiger partial charge in [-0.2, -0.15) is 0 Å². The summed E-state index contributed by atoms with van der Waals surface area (Å²) < 4.78 is 5.52. The minimum absolute atomic E-state index is 0.117. The second kappa shape index (κ2) is 6.04. The Balaban J connectivity index is 3.03. The van der Waals surface area contributed by atoms with Crippen molar-refractivity contribution in [2.45, 2.75) is 32.0 Å². The lowest BCUT2D eigenvalue weighted by molar-refractivity contribution is -0.116. The number of carbonyl (C=O) groups excluding carboxylic acids is 1. The predicted octanol–water partition coefficient (Wildman–Crippen LogP) is 3.67. The van der Waals surface area contributed by atoms with Gasteiger partial charge < -0.3 is 4.74 Å². The maximum absolute atomic E-state index is 11.3. The summed E-state index contributed by atoms with van der Waals surface area (Å²) in [5, 5.41) is 0. The van der Waals surface area contributed by atoms with E-state index in [0.717, 1.165) is 23.3 Å². The lowest BCUT2D eigenvalue weighted by Gasteiger charge is -2.12. The van der Waals surface area contributed by atoms with E-state index in [0.29, 0.717) is 6.61 Å². The Hall–Kier alpha value is -0.830. The molecule has 0 aliphatic heterocycles. The van der Waals surface area contributed by atoms with Crippen LogP contribution in [0, 0.1) is 0 Å². The highest BCUT2D eigenvalue weighted by atomic mass is 79.9. The lowest BCUT2D eigenvalue weighted by atomic mass is 10.0. The van der Waals surface area contributed by atoms with Gasteiger partial charge in [0.15, 0.2) is 0 Å². The number of halogens is 1. The summed E-state index contributed by atoms with van der Waals surface area (Å²) >= 11 is 3.39. The number of rotatable bonds is 5. The molecule has 1 atom stereocenters. The zero-order valence-electron chi connectivity index (χ0n) is 9.92. The number of hydrogen-bond acceptors (Lipinski definition) is 2. The highest BCUT2D eigenvalue weighted by Crippen LogP contribution is 2.29.